The van der Waals surface area contributed by atoms with E-state index in [2.05, 4.69) is 4.98 Å². The fourth-order valence-electron chi connectivity index (χ4n) is 2.20. The zero-order chi connectivity index (χ0) is 14.1. The van der Waals surface area contributed by atoms with Crippen LogP contribution in [0.2, 0.25) is 0 Å². The molecule has 0 aliphatic heterocycles. The molecule has 6 nitrogen and oxygen atoms in total. The van der Waals surface area contributed by atoms with Crippen molar-refractivity contribution in [2.45, 2.75) is 13.0 Å². The van der Waals surface area contributed by atoms with Gasteiger partial charge in [-0.1, -0.05) is 0 Å². The predicted molar refractivity (Wildman–Crippen MR) is 71.9 cm³/mol. The fraction of sp³-hybridized carbons (Fsp3) is 0.143. The zero-order valence-electron chi connectivity index (χ0n) is 10.5. The molecule has 0 aliphatic carbocycles. The smallest absolute Gasteiger partial charge is 0.335 e. The lowest BCUT2D eigenvalue weighted by atomic mass is 10.2. The number of fused-ring (bicyclic) bond motifs is 1. The number of carbonyl (C=O) groups is 1. The molecule has 0 spiro atoms. The van der Waals surface area contributed by atoms with Crippen LogP contribution < -0.4 is 5.69 Å². The zero-order valence-corrected chi connectivity index (χ0v) is 10.5. The molecule has 20 heavy (non-hydrogen) atoms. The van der Waals surface area contributed by atoms with Gasteiger partial charge in [-0.15, -0.1) is 0 Å². The number of aromatic amines is 1. The molecule has 0 amide bonds. The van der Waals surface area contributed by atoms with Gasteiger partial charge in [-0.2, -0.15) is 0 Å². The molecule has 102 valence electrons. The molecule has 2 N–H and O–H groups in total. The van der Waals surface area contributed by atoms with Crippen LogP contribution in [-0.2, 0) is 13.0 Å². The number of rotatable bonds is 4. The van der Waals surface area contributed by atoms with E-state index in [0.29, 0.717) is 24.0 Å². The van der Waals surface area contributed by atoms with E-state index in [0.717, 1.165) is 5.76 Å². The first-order chi connectivity index (χ1) is 9.65. The Bertz CT molecular complexity index is 811. The number of nitrogens with one attached hydrogen (secondary N) is 1. The lowest BCUT2D eigenvalue weighted by molar-refractivity contribution is 0.0697. The topological polar surface area (TPSA) is 88.2 Å². The van der Waals surface area contributed by atoms with Crippen molar-refractivity contribution in [2.24, 2.45) is 0 Å². The average Bonchev–Trinajstić information content (AvgIpc) is 3.02. The highest BCUT2D eigenvalue weighted by atomic mass is 16.4. The third-order valence-electron chi connectivity index (χ3n) is 3.18. The molecule has 0 fully saturated rings. The molecule has 0 bridgehead atoms. The van der Waals surface area contributed by atoms with Crippen molar-refractivity contribution in [1.82, 2.24) is 9.55 Å². The molecule has 3 aromatic rings. The Morgan fingerprint density at radius 2 is 2.20 bits per heavy atom. The standard InChI is InChI=1S/C14H12N2O4/c17-13(18)9-3-4-12-11(8-9)15-14(19)16(12)6-5-10-2-1-7-20-10/h1-4,7-8H,5-6H2,(H,15,19)(H,17,18). The highest BCUT2D eigenvalue weighted by Gasteiger charge is 2.10. The monoisotopic (exact) mass is 272 g/mol. The van der Waals surface area contributed by atoms with E-state index in [1.54, 1.807) is 23.0 Å². The van der Waals surface area contributed by atoms with Crippen molar-refractivity contribution in [1.29, 1.82) is 0 Å². The predicted octanol–water partition coefficient (Wildman–Crippen LogP) is 1.86. The number of benzene rings is 1. The molecule has 0 saturated carbocycles. The Balaban J connectivity index is 1.96. The van der Waals surface area contributed by atoms with Gasteiger partial charge < -0.3 is 14.5 Å². The first kappa shape index (κ1) is 12.3. The molecule has 1 aromatic carbocycles. The van der Waals surface area contributed by atoms with Crippen LogP contribution in [0, 0.1) is 0 Å². The molecular formula is C14H12N2O4. The SMILES string of the molecule is O=C(O)c1ccc2c(c1)[nH]c(=O)n2CCc1ccco1. The third-order valence-corrected chi connectivity index (χ3v) is 3.18. The summed E-state index contributed by atoms with van der Waals surface area (Å²) in [5, 5.41) is 8.94. The highest BCUT2D eigenvalue weighted by Crippen LogP contribution is 2.14. The van der Waals surface area contributed by atoms with Crippen LogP contribution in [0.4, 0.5) is 0 Å². The van der Waals surface area contributed by atoms with Crippen molar-refractivity contribution >= 4 is 17.0 Å². The quantitative estimate of drug-likeness (QED) is 0.758. The number of carboxylic acids is 1. The van der Waals surface area contributed by atoms with Crippen molar-refractivity contribution in [2.75, 3.05) is 0 Å². The largest absolute Gasteiger partial charge is 0.478 e. The van der Waals surface area contributed by atoms with Gasteiger partial charge in [0.1, 0.15) is 5.76 Å². The van der Waals surface area contributed by atoms with Gasteiger partial charge in [-0.25, -0.2) is 9.59 Å². The maximum Gasteiger partial charge on any atom is 0.335 e. The summed E-state index contributed by atoms with van der Waals surface area (Å²) in [5.74, 6) is -0.218. The van der Waals surface area contributed by atoms with E-state index in [9.17, 15) is 9.59 Å². The maximum atomic E-state index is 11.9. The molecule has 2 heterocycles. The highest BCUT2D eigenvalue weighted by molar-refractivity contribution is 5.92. The Labute approximate surface area is 113 Å². The number of H-pyrrole nitrogens is 1. The Hall–Kier alpha value is -2.76. The molecule has 0 aliphatic rings. The van der Waals surface area contributed by atoms with Gasteiger partial charge in [0.25, 0.3) is 0 Å². The van der Waals surface area contributed by atoms with Gasteiger partial charge in [-0.05, 0) is 30.3 Å². The number of nitrogens with zero attached hydrogens (tertiary/aromatic N) is 1. The molecule has 0 saturated heterocycles. The molecule has 0 unspecified atom stereocenters. The summed E-state index contributed by atoms with van der Waals surface area (Å²) in [4.78, 5) is 25.5. The summed E-state index contributed by atoms with van der Waals surface area (Å²) >= 11 is 0. The minimum Gasteiger partial charge on any atom is -0.478 e. The lowest BCUT2D eigenvalue weighted by Crippen LogP contribution is -2.17. The van der Waals surface area contributed by atoms with E-state index < -0.39 is 5.97 Å². The van der Waals surface area contributed by atoms with E-state index in [-0.39, 0.29) is 11.3 Å². The van der Waals surface area contributed by atoms with Gasteiger partial charge in [-0.3, -0.25) is 4.57 Å². The second kappa shape index (κ2) is 4.73. The maximum absolute atomic E-state index is 11.9. The summed E-state index contributed by atoms with van der Waals surface area (Å²) in [5.41, 5.74) is 1.10. The van der Waals surface area contributed by atoms with Gasteiger partial charge in [0.05, 0.1) is 22.9 Å². The Kier molecular flexibility index (Phi) is 2.90. The van der Waals surface area contributed by atoms with Gasteiger partial charge in [0.2, 0.25) is 0 Å². The van der Waals surface area contributed by atoms with Crippen molar-refractivity contribution in [3.05, 3.63) is 58.4 Å². The average molecular weight is 272 g/mol. The first-order valence-electron chi connectivity index (χ1n) is 6.13. The van der Waals surface area contributed by atoms with Gasteiger partial charge in [0, 0.05) is 13.0 Å². The second-order valence-electron chi connectivity index (χ2n) is 4.45. The minimum atomic E-state index is -1.02. The lowest BCUT2D eigenvalue weighted by Gasteiger charge is -2.02. The summed E-state index contributed by atoms with van der Waals surface area (Å²) < 4.78 is 6.80. The summed E-state index contributed by atoms with van der Waals surface area (Å²) in [6.07, 6.45) is 2.19. The summed E-state index contributed by atoms with van der Waals surface area (Å²) in [6, 6.07) is 8.23. The number of imidazole rings is 1. The van der Waals surface area contributed by atoms with Crippen LogP contribution in [0.5, 0.6) is 0 Å². The Morgan fingerprint density at radius 1 is 1.35 bits per heavy atom. The summed E-state index contributed by atoms with van der Waals surface area (Å²) in [7, 11) is 0. The third kappa shape index (κ3) is 2.11. The van der Waals surface area contributed by atoms with Crippen LogP contribution >= 0.6 is 0 Å². The number of hydrogen-bond donors (Lipinski definition) is 2. The van der Waals surface area contributed by atoms with Gasteiger partial charge in [0.15, 0.2) is 0 Å². The van der Waals surface area contributed by atoms with E-state index >= 15 is 0 Å². The molecule has 0 atom stereocenters. The molecular weight excluding hydrogens is 260 g/mol. The van der Waals surface area contributed by atoms with E-state index in [1.807, 2.05) is 6.07 Å². The number of hydrogen-bond acceptors (Lipinski definition) is 3. The fourth-order valence-corrected chi connectivity index (χ4v) is 2.20. The minimum absolute atomic E-state index is 0.150. The van der Waals surface area contributed by atoms with Crippen molar-refractivity contribution in [3.8, 4) is 0 Å². The number of aryl methyl sites for hydroxylation is 2. The van der Waals surface area contributed by atoms with Gasteiger partial charge >= 0.3 is 11.7 Å². The number of aromatic nitrogens is 2. The number of furan rings is 1. The second-order valence-corrected chi connectivity index (χ2v) is 4.45. The van der Waals surface area contributed by atoms with E-state index in [4.69, 9.17) is 9.52 Å². The molecule has 6 heteroatoms. The van der Waals surface area contributed by atoms with Crippen molar-refractivity contribution in [3.63, 3.8) is 0 Å². The molecule has 2 aromatic heterocycles. The van der Waals surface area contributed by atoms with Crippen LogP contribution in [0.1, 0.15) is 16.1 Å². The molecule has 0 radical (unpaired) electrons. The molecule has 3 rings (SSSR count). The van der Waals surface area contributed by atoms with Crippen molar-refractivity contribution < 1.29 is 14.3 Å². The first-order valence-corrected chi connectivity index (χ1v) is 6.13. The number of carboxylic acid groups (broad SMARTS) is 1. The number of aromatic carboxylic acids is 1. The van der Waals surface area contributed by atoms with Crippen LogP contribution in [0.25, 0.3) is 11.0 Å². The normalized spacial score (nSPS) is 11.0. The van der Waals surface area contributed by atoms with Crippen LogP contribution in [0.15, 0.2) is 45.8 Å². The van der Waals surface area contributed by atoms with Crippen LogP contribution in [-0.4, -0.2) is 20.6 Å². The van der Waals surface area contributed by atoms with Crippen LogP contribution in [0.3, 0.4) is 0 Å². The van der Waals surface area contributed by atoms with E-state index in [1.165, 1.54) is 12.1 Å². The Morgan fingerprint density at radius 3 is 2.90 bits per heavy atom. The summed E-state index contributed by atoms with van der Waals surface area (Å²) in [6.45, 7) is 0.471.